The van der Waals surface area contributed by atoms with Crippen molar-refractivity contribution in [1.29, 1.82) is 5.26 Å². The van der Waals surface area contributed by atoms with Crippen LogP contribution in [-0.4, -0.2) is 16.9 Å². The number of rotatable bonds is 4. The number of nitrogens with zero attached hydrogens (tertiary/aromatic N) is 3. The van der Waals surface area contributed by atoms with E-state index >= 15 is 0 Å². The second-order valence-corrected chi connectivity index (χ2v) is 4.79. The Bertz CT molecular complexity index is 619. The first-order valence-electron chi connectivity index (χ1n) is 6.40. The highest BCUT2D eigenvalue weighted by Crippen LogP contribution is 2.21. The van der Waals surface area contributed by atoms with Gasteiger partial charge in [-0.1, -0.05) is 6.07 Å². The molecule has 2 aromatic rings. The van der Waals surface area contributed by atoms with Gasteiger partial charge in [0.25, 0.3) is 0 Å². The Morgan fingerprint density at radius 1 is 1.30 bits per heavy atom. The number of pyridine rings is 1. The highest BCUT2D eigenvalue weighted by Gasteiger charge is 2.14. The van der Waals surface area contributed by atoms with Crippen LogP contribution in [0.4, 0.5) is 4.39 Å². The second-order valence-electron chi connectivity index (χ2n) is 4.79. The van der Waals surface area contributed by atoms with Crippen LogP contribution < -0.4 is 0 Å². The molecule has 0 aliphatic rings. The van der Waals surface area contributed by atoms with E-state index in [9.17, 15) is 4.39 Å². The summed E-state index contributed by atoms with van der Waals surface area (Å²) in [4.78, 5) is 6.05. The molecule has 20 heavy (non-hydrogen) atoms. The van der Waals surface area contributed by atoms with Gasteiger partial charge in [0.15, 0.2) is 0 Å². The van der Waals surface area contributed by atoms with E-state index in [4.69, 9.17) is 5.26 Å². The first kappa shape index (κ1) is 14.2. The van der Waals surface area contributed by atoms with Crippen LogP contribution in [-0.2, 0) is 6.54 Å². The lowest BCUT2D eigenvalue weighted by Gasteiger charge is -2.25. The molecular formula is C16H16FN3. The van der Waals surface area contributed by atoms with Crippen LogP contribution in [0.5, 0.6) is 0 Å². The predicted molar refractivity (Wildman–Crippen MR) is 75.2 cm³/mol. The van der Waals surface area contributed by atoms with E-state index in [1.54, 1.807) is 24.5 Å². The topological polar surface area (TPSA) is 39.9 Å². The largest absolute Gasteiger partial charge is 0.295 e. The summed E-state index contributed by atoms with van der Waals surface area (Å²) in [5, 5.41) is 8.74. The molecule has 0 amide bonds. The number of benzene rings is 1. The highest BCUT2D eigenvalue weighted by molar-refractivity contribution is 5.33. The van der Waals surface area contributed by atoms with Crippen molar-refractivity contribution in [3.8, 4) is 6.07 Å². The Hall–Kier alpha value is -2.25. The Morgan fingerprint density at radius 2 is 2.00 bits per heavy atom. The van der Waals surface area contributed by atoms with Gasteiger partial charge >= 0.3 is 0 Å². The van der Waals surface area contributed by atoms with Crippen LogP contribution >= 0.6 is 0 Å². The van der Waals surface area contributed by atoms with Crippen molar-refractivity contribution >= 4 is 0 Å². The van der Waals surface area contributed by atoms with E-state index in [0.29, 0.717) is 17.7 Å². The summed E-state index contributed by atoms with van der Waals surface area (Å²) in [7, 11) is 1.95. The standard InChI is InChI=1S/C16H16FN3/c1-12(14-5-7-19-8-6-14)20(2)11-15-4-3-13(10-18)9-16(15)17/h3-9,12H,11H2,1-2H3. The lowest BCUT2D eigenvalue weighted by molar-refractivity contribution is 0.249. The zero-order valence-electron chi connectivity index (χ0n) is 11.5. The van der Waals surface area contributed by atoms with Crippen LogP contribution in [0.25, 0.3) is 0 Å². The van der Waals surface area contributed by atoms with Crippen molar-refractivity contribution in [3.63, 3.8) is 0 Å². The summed E-state index contributed by atoms with van der Waals surface area (Å²) in [6.45, 7) is 2.55. The molecule has 0 fully saturated rings. The summed E-state index contributed by atoms with van der Waals surface area (Å²) in [6.07, 6.45) is 3.50. The molecule has 102 valence electrons. The van der Waals surface area contributed by atoms with Gasteiger partial charge in [-0.05, 0) is 43.8 Å². The fraction of sp³-hybridized carbons (Fsp3) is 0.250. The van der Waals surface area contributed by atoms with Gasteiger partial charge in [-0.15, -0.1) is 0 Å². The van der Waals surface area contributed by atoms with Crippen LogP contribution in [0.15, 0.2) is 42.7 Å². The fourth-order valence-electron chi connectivity index (χ4n) is 2.05. The molecule has 4 heteroatoms. The van der Waals surface area contributed by atoms with Gasteiger partial charge in [-0.3, -0.25) is 9.88 Å². The van der Waals surface area contributed by atoms with E-state index in [-0.39, 0.29) is 11.9 Å². The maximum Gasteiger partial charge on any atom is 0.129 e. The molecule has 1 aromatic carbocycles. The van der Waals surface area contributed by atoms with Gasteiger partial charge in [0.1, 0.15) is 5.82 Å². The molecule has 1 atom stereocenters. The molecule has 0 N–H and O–H groups in total. The number of hydrogen-bond donors (Lipinski definition) is 0. The third kappa shape index (κ3) is 3.19. The van der Waals surface area contributed by atoms with E-state index in [2.05, 4.69) is 16.8 Å². The van der Waals surface area contributed by atoms with E-state index < -0.39 is 0 Å². The normalized spacial score (nSPS) is 12.2. The Labute approximate surface area is 118 Å². The highest BCUT2D eigenvalue weighted by atomic mass is 19.1. The van der Waals surface area contributed by atoms with Crippen molar-refractivity contribution in [2.75, 3.05) is 7.05 Å². The average molecular weight is 269 g/mol. The van der Waals surface area contributed by atoms with Crippen LogP contribution in [0, 0.1) is 17.1 Å². The smallest absolute Gasteiger partial charge is 0.129 e. The number of nitriles is 1. The molecule has 0 bridgehead atoms. The minimum Gasteiger partial charge on any atom is -0.295 e. The molecule has 1 unspecified atom stereocenters. The van der Waals surface area contributed by atoms with Gasteiger partial charge in [-0.2, -0.15) is 5.26 Å². The molecular weight excluding hydrogens is 253 g/mol. The Kier molecular flexibility index (Phi) is 4.44. The minimum absolute atomic E-state index is 0.160. The van der Waals surface area contributed by atoms with Gasteiger partial charge in [-0.25, -0.2) is 4.39 Å². The minimum atomic E-state index is -0.335. The lowest BCUT2D eigenvalue weighted by atomic mass is 10.1. The average Bonchev–Trinajstić information content (AvgIpc) is 2.49. The number of hydrogen-bond acceptors (Lipinski definition) is 3. The number of aromatic nitrogens is 1. The molecule has 1 heterocycles. The predicted octanol–water partition coefficient (Wildman–Crippen LogP) is 3.29. The van der Waals surface area contributed by atoms with Crippen molar-refractivity contribution in [1.82, 2.24) is 9.88 Å². The maximum absolute atomic E-state index is 13.9. The van der Waals surface area contributed by atoms with Crippen molar-refractivity contribution < 1.29 is 4.39 Å². The molecule has 0 radical (unpaired) electrons. The third-order valence-electron chi connectivity index (χ3n) is 3.45. The molecule has 0 spiro atoms. The first-order chi connectivity index (χ1) is 9.61. The van der Waals surface area contributed by atoms with Gasteiger partial charge in [0.05, 0.1) is 11.6 Å². The van der Waals surface area contributed by atoms with Crippen LogP contribution in [0.2, 0.25) is 0 Å². The fourth-order valence-corrected chi connectivity index (χ4v) is 2.05. The summed E-state index contributed by atoms with van der Waals surface area (Å²) in [6, 6.07) is 10.6. The van der Waals surface area contributed by atoms with Gasteiger partial charge in [0, 0.05) is 30.5 Å². The summed E-state index contributed by atoms with van der Waals surface area (Å²) >= 11 is 0. The van der Waals surface area contributed by atoms with Crippen LogP contribution in [0.1, 0.15) is 29.7 Å². The monoisotopic (exact) mass is 269 g/mol. The van der Waals surface area contributed by atoms with Crippen molar-refractivity contribution in [2.45, 2.75) is 19.5 Å². The third-order valence-corrected chi connectivity index (χ3v) is 3.45. The maximum atomic E-state index is 13.9. The Morgan fingerprint density at radius 3 is 2.60 bits per heavy atom. The second kappa shape index (κ2) is 6.27. The zero-order valence-corrected chi connectivity index (χ0v) is 11.5. The van der Waals surface area contributed by atoms with Gasteiger partial charge < -0.3 is 0 Å². The summed E-state index contributed by atoms with van der Waals surface area (Å²) in [5.74, 6) is -0.335. The van der Waals surface area contributed by atoms with E-state index in [1.165, 1.54) is 6.07 Å². The van der Waals surface area contributed by atoms with Gasteiger partial charge in [0.2, 0.25) is 0 Å². The zero-order chi connectivity index (χ0) is 14.5. The Balaban J connectivity index is 2.12. The molecule has 3 nitrogen and oxygen atoms in total. The van der Waals surface area contributed by atoms with E-state index in [1.807, 2.05) is 25.2 Å². The summed E-state index contributed by atoms with van der Waals surface area (Å²) < 4.78 is 13.9. The molecule has 0 saturated heterocycles. The number of halogens is 1. The van der Waals surface area contributed by atoms with E-state index in [0.717, 1.165) is 5.56 Å². The first-order valence-corrected chi connectivity index (χ1v) is 6.40. The van der Waals surface area contributed by atoms with Crippen molar-refractivity contribution in [3.05, 3.63) is 65.2 Å². The lowest BCUT2D eigenvalue weighted by Crippen LogP contribution is -2.22. The quantitative estimate of drug-likeness (QED) is 0.855. The van der Waals surface area contributed by atoms with Crippen molar-refractivity contribution in [2.24, 2.45) is 0 Å². The summed E-state index contributed by atoms with van der Waals surface area (Å²) in [5.41, 5.74) is 2.07. The molecule has 1 aromatic heterocycles. The molecule has 0 aliphatic heterocycles. The molecule has 2 rings (SSSR count). The van der Waals surface area contributed by atoms with Crippen LogP contribution in [0.3, 0.4) is 0 Å². The molecule has 0 saturated carbocycles. The molecule has 0 aliphatic carbocycles. The SMILES string of the molecule is CC(c1ccncc1)N(C)Cc1ccc(C#N)cc1F.